The highest BCUT2D eigenvalue weighted by atomic mass is 15.2. The summed E-state index contributed by atoms with van der Waals surface area (Å²) in [5.41, 5.74) is 5.82. The Morgan fingerprint density at radius 2 is 2.46 bits per heavy atom. The second-order valence-corrected chi connectivity index (χ2v) is 3.46. The molecule has 4 heteroatoms. The smallest absolute Gasteiger partial charge is 0.132 e. The van der Waals surface area contributed by atoms with E-state index in [2.05, 4.69) is 14.9 Å². The Labute approximate surface area is 77.8 Å². The number of aryl methyl sites for hydroxylation is 1. The van der Waals surface area contributed by atoms with E-state index in [9.17, 15) is 0 Å². The third-order valence-electron chi connectivity index (χ3n) is 2.31. The molecule has 1 fully saturated rings. The molecule has 4 nitrogen and oxygen atoms in total. The molecule has 2 N–H and O–H groups in total. The summed E-state index contributed by atoms with van der Waals surface area (Å²) in [6.07, 6.45) is 2.85. The molecular weight excluding hydrogens is 164 g/mol. The van der Waals surface area contributed by atoms with E-state index in [0.29, 0.717) is 6.04 Å². The lowest BCUT2D eigenvalue weighted by atomic mass is 10.3. The van der Waals surface area contributed by atoms with E-state index in [4.69, 9.17) is 5.73 Å². The van der Waals surface area contributed by atoms with Gasteiger partial charge in [-0.15, -0.1) is 0 Å². The van der Waals surface area contributed by atoms with Gasteiger partial charge in [0.05, 0.1) is 0 Å². The van der Waals surface area contributed by atoms with Crippen LogP contribution in [0.15, 0.2) is 12.3 Å². The molecular formula is C9H14N4. The Hall–Kier alpha value is -1.16. The Bertz CT molecular complexity index is 299. The van der Waals surface area contributed by atoms with Gasteiger partial charge in [0.2, 0.25) is 0 Å². The van der Waals surface area contributed by atoms with Crippen molar-refractivity contribution in [2.24, 2.45) is 5.73 Å². The van der Waals surface area contributed by atoms with Gasteiger partial charge in [0, 0.05) is 25.3 Å². The van der Waals surface area contributed by atoms with Gasteiger partial charge >= 0.3 is 0 Å². The maximum Gasteiger partial charge on any atom is 0.132 e. The van der Waals surface area contributed by atoms with Crippen LogP contribution in [0.3, 0.4) is 0 Å². The zero-order chi connectivity index (χ0) is 9.26. The second-order valence-electron chi connectivity index (χ2n) is 3.46. The lowest BCUT2D eigenvalue weighted by Crippen LogP contribution is -2.27. The molecule has 0 unspecified atom stereocenters. The summed E-state index contributed by atoms with van der Waals surface area (Å²) < 4.78 is 0. The van der Waals surface area contributed by atoms with Crippen LogP contribution < -0.4 is 10.6 Å². The maximum absolute atomic E-state index is 5.82. The van der Waals surface area contributed by atoms with Gasteiger partial charge in [-0.05, 0) is 19.4 Å². The Morgan fingerprint density at radius 3 is 3.08 bits per heavy atom. The van der Waals surface area contributed by atoms with Crippen molar-refractivity contribution >= 4 is 5.82 Å². The Morgan fingerprint density at radius 1 is 1.62 bits per heavy atom. The molecule has 1 saturated heterocycles. The van der Waals surface area contributed by atoms with Crippen LogP contribution in [-0.4, -0.2) is 29.1 Å². The number of anilines is 1. The van der Waals surface area contributed by atoms with E-state index in [1.165, 1.54) is 0 Å². The van der Waals surface area contributed by atoms with Gasteiger partial charge in [0.25, 0.3) is 0 Å². The monoisotopic (exact) mass is 178 g/mol. The Kier molecular flexibility index (Phi) is 2.14. The molecule has 0 spiro atoms. The quantitative estimate of drug-likeness (QED) is 0.673. The third kappa shape index (κ3) is 1.78. The molecule has 0 saturated carbocycles. The zero-order valence-corrected chi connectivity index (χ0v) is 7.77. The molecule has 0 bridgehead atoms. The molecule has 0 radical (unpaired) electrons. The minimum atomic E-state index is 0.301. The first-order chi connectivity index (χ1) is 6.25. The fraction of sp³-hybridized carbons (Fsp3) is 0.556. The minimum absolute atomic E-state index is 0.301. The second kappa shape index (κ2) is 3.30. The predicted molar refractivity (Wildman–Crippen MR) is 51.6 cm³/mol. The van der Waals surface area contributed by atoms with Crippen molar-refractivity contribution in [3.63, 3.8) is 0 Å². The van der Waals surface area contributed by atoms with Crippen LogP contribution in [-0.2, 0) is 0 Å². The van der Waals surface area contributed by atoms with Crippen molar-refractivity contribution in [2.45, 2.75) is 19.4 Å². The van der Waals surface area contributed by atoms with Gasteiger partial charge < -0.3 is 10.6 Å². The lowest BCUT2D eigenvalue weighted by Gasteiger charge is -2.16. The summed E-state index contributed by atoms with van der Waals surface area (Å²) in [5.74, 6) is 1.82. The summed E-state index contributed by atoms with van der Waals surface area (Å²) in [6.45, 7) is 3.83. The van der Waals surface area contributed by atoms with E-state index in [0.717, 1.165) is 31.2 Å². The van der Waals surface area contributed by atoms with E-state index < -0.39 is 0 Å². The van der Waals surface area contributed by atoms with E-state index in [-0.39, 0.29) is 0 Å². The molecule has 1 atom stereocenters. The van der Waals surface area contributed by atoms with E-state index in [1.807, 2.05) is 13.0 Å². The largest absolute Gasteiger partial charge is 0.355 e. The highest BCUT2D eigenvalue weighted by Gasteiger charge is 2.19. The van der Waals surface area contributed by atoms with Crippen LogP contribution in [0.1, 0.15) is 12.2 Å². The molecule has 1 aliphatic rings. The summed E-state index contributed by atoms with van der Waals surface area (Å²) in [6, 6.07) is 2.24. The fourth-order valence-electron chi connectivity index (χ4n) is 1.62. The molecule has 1 aromatic heterocycles. The van der Waals surface area contributed by atoms with Gasteiger partial charge in [0.15, 0.2) is 0 Å². The zero-order valence-electron chi connectivity index (χ0n) is 7.77. The van der Waals surface area contributed by atoms with Crippen LogP contribution in [0.4, 0.5) is 5.82 Å². The molecule has 1 aliphatic heterocycles. The van der Waals surface area contributed by atoms with Gasteiger partial charge in [-0.25, -0.2) is 9.97 Å². The standard InChI is InChI=1S/C9H14N4/c1-7-11-4-2-9(12-7)13-5-3-8(10)6-13/h2,4,8H,3,5-6,10H2,1H3/t8-/m0/s1. The average Bonchev–Trinajstić information content (AvgIpc) is 2.52. The van der Waals surface area contributed by atoms with E-state index in [1.54, 1.807) is 6.20 Å². The number of hydrogen-bond donors (Lipinski definition) is 1. The van der Waals surface area contributed by atoms with Crippen molar-refractivity contribution in [3.8, 4) is 0 Å². The van der Waals surface area contributed by atoms with Crippen LogP contribution in [0.2, 0.25) is 0 Å². The topological polar surface area (TPSA) is 55.0 Å². The minimum Gasteiger partial charge on any atom is -0.355 e. The number of aromatic nitrogens is 2. The normalized spacial score (nSPS) is 22.3. The molecule has 2 heterocycles. The molecule has 0 aliphatic carbocycles. The number of nitrogens with zero attached hydrogens (tertiary/aromatic N) is 3. The number of nitrogens with two attached hydrogens (primary N) is 1. The summed E-state index contributed by atoms with van der Waals surface area (Å²) in [4.78, 5) is 10.6. The van der Waals surface area contributed by atoms with Crippen molar-refractivity contribution in [1.29, 1.82) is 0 Å². The highest BCUT2D eigenvalue weighted by Crippen LogP contribution is 2.16. The van der Waals surface area contributed by atoms with Crippen molar-refractivity contribution in [1.82, 2.24) is 9.97 Å². The van der Waals surface area contributed by atoms with Gasteiger partial charge in [0.1, 0.15) is 11.6 Å². The molecule has 70 valence electrons. The molecule has 1 aromatic rings. The van der Waals surface area contributed by atoms with Crippen LogP contribution in [0.25, 0.3) is 0 Å². The van der Waals surface area contributed by atoms with Crippen LogP contribution in [0, 0.1) is 6.92 Å². The lowest BCUT2D eigenvalue weighted by molar-refractivity contribution is 0.751. The van der Waals surface area contributed by atoms with Gasteiger partial charge in [-0.3, -0.25) is 0 Å². The first-order valence-electron chi connectivity index (χ1n) is 4.56. The number of rotatable bonds is 1. The van der Waals surface area contributed by atoms with Crippen molar-refractivity contribution < 1.29 is 0 Å². The van der Waals surface area contributed by atoms with Crippen LogP contribution in [0.5, 0.6) is 0 Å². The third-order valence-corrected chi connectivity index (χ3v) is 2.31. The van der Waals surface area contributed by atoms with Crippen molar-refractivity contribution in [3.05, 3.63) is 18.1 Å². The molecule has 0 amide bonds. The summed E-state index contributed by atoms with van der Waals surface area (Å²) in [7, 11) is 0. The molecule has 13 heavy (non-hydrogen) atoms. The molecule has 0 aromatic carbocycles. The highest BCUT2D eigenvalue weighted by molar-refractivity contribution is 5.39. The average molecular weight is 178 g/mol. The van der Waals surface area contributed by atoms with E-state index >= 15 is 0 Å². The number of hydrogen-bond acceptors (Lipinski definition) is 4. The van der Waals surface area contributed by atoms with Gasteiger partial charge in [-0.1, -0.05) is 0 Å². The van der Waals surface area contributed by atoms with Crippen molar-refractivity contribution in [2.75, 3.05) is 18.0 Å². The van der Waals surface area contributed by atoms with Gasteiger partial charge in [-0.2, -0.15) is 0 Å². The Balaban J connectivity index is 2.16. The van der Waals surface area contributed by atoms with Crippen LogP contribution >= 0.6 is 0 Å². The fourth-order valence-corrected chi connectivity index (χ4v) is 1.62. The summed E-state index contributed by atoms with van der Waals surface area (Å²) in [5, 5.41) is 0. The first kappa shape index (κ1) is 8.44. The maximum atomic E-state index is 5.82. The first-order valence-corrected chi connectivity index (χ1v) is 4.56. The SMILES string of the molecule is Cc1nccc(N2CC[C@H](N)C2)n1. The predicted octanol–water partition coefficient (Wildman–Crippen LogP) is 0.322. The molecule has 2 rings (SSSR count). The summed E-state index contributed by atoms with van der Waals surface area (Å²) >= 11 is 0.